The highest BCUT2D eigenvalue weighted by Crippen LogP contribution is 2.28. The molecule has 0 aliphatic carbocycles. The lowest BCUT2D eigenvalue weighted by atomic mass is 10.1. The highest BCUT2D eigenvalue weighted by atomic mass is 19.1. The van der Waals surface area contributed by atoms with Gasteiger partial charge in [-0.15, -0.1) is 0 Å². The van der Waals surface area contributed by atoms with Crippen molar-refractivity contribution in [2.24, 2.45) is 4.99 Å². The van der Waals surface area contributed by atoms with Gasteiger partial charge in [-0.1, -0.05) is 37.7 Å². The third-order valence-corrected chi connectivity index (χ3v) is 4.38. The van der Waals surface area contributed by atoms with Crippen LogP contribution in [-0.2, 0) is 6.54 Å². The Balaban J connectivity index is 1.80. The van der Waals surface area contributed by atoms with E-state index in [2.05, 4.69) is 42.8 Å². The molecule has 0 aromatic heterocycles. The van der Waals surface area contributed by atoms with Crippen molar-refractivity contribution in [3.05, 3.63) is 65.0 Å². The summed E-state index contributed by atoms with van der Waals surface area (Å²) in [6, 6.07) is 12.4. The molecule has 2 nitrogen and oxygen atoms in total. The number of hydrogen-bond donors (Lipinski definition) is 0. The molecule has 0 radical (unpaired) electrons. The van der Waals surface area contributed by atoms with Crippen molar-refractivity contribution in [3.8, 4) is 11.8 Å². The number of amidine groups is 1. The first-order valence-corrected chi connectivity index (χ1v) is 8.85. The van der Waals surface area contributed by atoms with Crippen LogP contribution in [0.4, 0.5) is 10.1 Å². The highest BCUT2D eigenvalue weighted by molar-refractivity contribution is 5.87. The maximum atomic E-state index is 13.0. The van der Waals surface area contributed by atoms with Crippen LogP contribution in [0.2, 0.25) is 0 Å². The van der Waals surface area contributed by atoms with Crippen molar-refractivity contribution in [2.75, 3.05) is 7.05 Å². The molecular weight excluding hydrogens is 311 g/mol. The Kier molecular flexibility index (Phi) is 5.50. The van der Waals surface area contributed by atoms with Crippen molar-refractivity contribution in [2.45, 2.75) is 39.2 Å². The minimum absolute atomic E-state index is 0.242. The summed E-state index contributed by atoms with van der Waals surface area (Å²) in [6.45, 7) is 3.11. The van der Waals surface area contributed by atoms with E-state index in [1.54, 1.807) is 12.1 Å². The van der Waals surface area contributed by atoms with E-state index in [1.807, 2.05) is 6.07 Å². The van der Waals surface area contributed by atoms with E-state index in [-0.39, 0.29) is 5.82 Å². The fourth-order valence-corrected chi connectivity index (χ4v) is 2.91. The first-order valence-electron chi connectivity index (χ1n) is 8.85. The molecule has 0 fully saturated rings. The van der Waals surface area contributed by atoms with Gasteiger partial charge in [-0.2, -0.15) is 0 Å². The maximum absolute atomic E-state index is 13.0. The first-order chi connectivity index (χ1) is 12.2. The van der Waals surface area contributed by atoms with Crippen LogP contribution < -0.4 is 0 Å². The average Bonchev–Trinajstić information content (AvgIpc) is 2.62. The molecule has 128 valence electrons. The standard InChI is InChI=1S/C22H23FN2/c1-3-4-5-6-22-24-21-15-18(9-12-19(21)16-25(22)2)8-7-17-10-13-20(23)14-11-17/h9-15H,3-6,16H2,1-2H3. The zero-order valence-corrected chi connectivity index (χ0v) is 14.8. The molecule has 0 bridgehead atoms. The topological polar surface area (TPSA) is 15.6 Å². The van der Waals surface area contributed by atoms with E-state index in [0.717, 1.165) is 35.6 Å². The fraction of sp³-hybridized carbons (Fsp3) is 0.318. The Morgan fingerprint density at radius 1 is 1.04 bits per heavy atom. The Hall–Kier alpha value is -2.60. The van der Waals surface area contributed by atoms with E-state index in [1.165, 1.54) is 37.0 Å². The van der Waals surface area contributed by atoms with Crippen LogP contribution >= 0.6 is 0 Å². The molecule has 0 spiro atoms. The van der Waals surface area contributed by atoms with E-state index in [4.69, 9.17) is 4.99 Å². The number of fused-ring (bicyclic) bond motifs is 1. The third-order valence-electron chi connectivity index (χ3n) is 4.38. The maximum Gasteiger partial charge on any atom is 0.123 e. The van der Waals surface area contributed by atoms with Crippen LogP contribution in [0.1, 0.15) is 49.3 Å². The van der Waals surface area contributed by atoms with Gasteiger partial charge in [0.05, 0.1) is 5.69 Å². The molecule has 2 aromatic carbocycles. The zero-order valence-electron chi connectivity index (χ0n) is 14.8. The summed E-state index contributed by atoms with van der Waals surface area (Å²) < 4.78 is 13.0. The molecule has 0 saturated heterocycles. The van der Waals surface area contributed by atoms with Gasteiger partial charge in [0.1, 0.15) is 11.7 Å². The van der Waals surface area contributed by atoms with Crippen molar-refractivity contribution in [1.82, 2.24) is 4.90 Å². The Labute approximate surface area is 149 Å². The lowest BCUT2D eigenvalue weighted by Crippen LogP contribution is -2.28. The zero-order chi connectivity index (χ0) is 17.6. The number of hydrogen-bond acceptors (Lipinski definition) is 2. The number of nitrogens with zero attached hydrogens (tertiary/aromatic N) is 2. The van der Waals surface area contributed by atoms with Crippen LogP contribution in [0.5, 0.6) is 0 Å². The minimum atomic E-state index is -0.242. The quantitative estimate of drug-likeness (QED) is 0.548. The van der Waals surface area contributed by atoms with Crippen molar-refractivity contribution >= 4 is 11.5 Å². The molecule has 1 aliphatic heterocycles. The summed E-state index contributed by atoms with van der Waals surface area (Å²) in [5.74, 6) is 7.15. The molecule has 1 heterocycles. The number of unbranched alkanes of at least 4 members (excludes halogenated alkanes) is 2. The SMILES string of the molecule is CCCCCC1=Nc2cc(C#Cc3ccc(F)cc3)ccc2CN1C. The lowest BCUT2D eigenvalue weighted by molar-refractivity contribution is 0.476. The van der Waals surface area contributed by atoms with Crippen molar-refractivity contribution in [3.63, 3.8) is 0 Å². The second kappa shape index (κ2) is 7.98. The van der Waals surface area contributed by atoms with Crippen molar-refractivity contribution in [1.29, 1.82) is 0 Å². The summed E-state index contributed by atoms with van der Waals surface area (Å²) in [5, 5.41) is 0. The monoisotopic (exact) mass is 334 g/mol. The first kappa shape index (κ1) is 17.2. The number of aliphatic imine (C=N–C) groups is 1. The summed E-state index contributed by atoms with van der Waals surface area (Å²) in [6.07, 6.45) is 4.66. The van der Waals surface area contributed by atoms with Gasteiger partial charge in [-0.25, -0.2) is 9.38 Å². The Morgan fingerprint density at radius 3 is 2.52 bits per heavy atom. The minimum Gasteiger partial charge on any atom is -0.359 e. The predicted molar refractivity (Wildman–Crippen MR) is 102 cm³/mol. The summed E-state index contributed by atoms with van der Waals surface area (Å²) in [7, 11) is 2.11. The van der Waals surface area contributed by atoms with Crippen LogP contribution in [0.15, 0.2) is 47.5 Å². The van der Waals surface area contributed by atoms with Crippen LogP contribution in [-0.4, -0.2) is 17.8 Å². The molecule has 0 unspecified atom stereocenters. The summed E-state index contributed by atoms with van der Waals surface area (Å²) >= 11 is 0. The van der Waals surface area contributed by atoms with E-state index in [0.29, 0.717) is 0 Å². The number of benzene rings is 2. The van der Waals surface area contributed by atoms with Crippen LogP contribution in [0, 0.1) is 17.7 Å². The van der Waals surface area contributed by atoms with Crippen LogP contribution in [0.25, 0.3) is 0 Å². The average molecular weight is 334 g/mol. The molecule has 0 saturated carbocycles. The second-order valence-electron chi connectivity index (χ2n) is 6.44. The van der Waals surface area contributed by atoms with Gasteiger partial charge < -0.3 is 4.90 Å². The number of rotatable bonds is 4. The van der Waals surface area contributed by atoms with Gasteiger partial charge in [-0.3, -0.25) is 0 Å². The van der Waals surface area contributed by atoms with E-state index < -0.39 is 0 Å². The van der Waals surface area contributed by atoms with Crippen molar-refractivity contribution < 1.29 is 4.39 Å². The second-order valence-corrected chi connectivity index (χ2v) is 6.44. The predicted octanol–water partition coefficient (Wildman–Crippen LogP) is 5.28. The van der Waals surface area contributed by atoms with E-state index >= 15 is 0 Å². The molecule has 3 heteroatoms. The van der Waals surface area contributed by atoms with Gasteiger partial charge in [0.25, 0.3) is 0 Å². The van der Waals surface area contributed by atoms with E-state index in [9.17, 15) is 4.39 Å². The Morgan fingerprint density at radius 2 is 1.76 bits per heavy atom. The molecular formula is C22H23FN2. The van der Waals surface area contributed by atoms with Gasteiger partial charge in [0, 0.05) is 31.1 Å². The molecule has 0 amide bonds. The molecule has 0 atom stereocenters. The molecule has 2 aromatic rings. The third kappa shape index (κ3) is 4.48. The van der Waals surface area contributed by atoms with Gasteiger partial charge >= 0.3 is 0 Å². The number of halogens is 1. The van der Waals surface area contributed by atoms with Gasteiger partial charge in [-0.05, 0) is 48.4 Å². The summed E-state index contributed by atoms with van der Waals surface area (Å²) in [5.41, 5.74) is 4.00. The summed E-state index contributed by atoms with van der Waals surface area (Å²) in [4.78, 5) is 7.09. The molecule has 3 rings (SSSR count). The molecule has 1 aliphatic rings. The lowest BCUT2D eigenvalue weighted by Gasteiger charge is -2.27. The van der Waals surface area contributed by atoms with Gasteiger partial charge in [0.2, 0.25) is 0 Å². The highest BCUT2D eigenvalue weighted by Gasteiger charge is 2.16. The molecule has 25 heavy (non-hydrogen) atoms. The Bertz CT molecular complexity index is 825. The van der Waals surface area contributed by atoms with Gasteiger partial charge in [0.15, 0.2) is 0 Å². The normalized spacial score (nSPS) is 12.9. The fourth-order valence-electron chi connectivity index (χ4n) is 2.91. The smallest absolute Gasteiger partial charge is 0.123 e. The molecule has 0 N–H and O–H groups in total. The van der Waals surface area contributed by atoms with Crippen LogP contribution in [0.3, 0.4) is 0 Å². The largest absolute Gasteiger partial charge is 0.359 e.